The molecule has 1 heterocycles. The van der Waals surface area contributed by atoms with Crippen LogP contribution in [0, 0.1) is 0 Å². The van der Waals surface area contributed by atoms with Crippen LogP contribution in [0.1, 0.15) is 0 Å². The Bertz CT molecular complexity index is 81.7. The molecule has 0 amide bonds. The molecule has 0 atom stereocenters. The molecule has 1 saturated heterocycles. The standard InChI is InChI=1S/C4H7NO2/c1-5-4-6-2-3-7-4/h2-3H2,1H3. The average molecular weight is 101 g/mol. The molecule has 0 aromatic carbocycles. The van der Waals surface area contributed by atoms with E-state index in [4.69, 9.17) is 9.47 Å². The third-order valence-corrected chi connectivity index (χ3v) is 0.717. The van der Waals surface area contributed by atoms with E-state index in [0.29, 0.717) is 19.3 Å². The van der Waals surface area contributed by atoms with Gasteiger partial charge >= 0.3 is 6.08 Å². The number of rotatable bonds is 0. The Morgan fingerprint density at radius 3 is 2.29 bits per heavy atom. The summed E-state index contributed by atoms with van der Waals surface area (Å²) >= 11 is 0. The van der Waals surface area contributed by atoms with Crippen LogP contribution in [0.4, 0.5) is 0 Å². The molecule has 0 aromatic rings. The molecule has 0 spiro atoms. The summed E-state index contributed by atoms with van der Waals surface area (Å²) in [7, 11) is 1.64. The van der Waals surface area contributed by atoms with Crippen LogP contribution in [0.15, 0.2) is 4.99 Å². The third kappa shape index (κ3) is 0.824. The van der Waals surface area contributed by atoms with E-state index < -0.39 is 0 Å². The van der Waals surface area contributed by atoms with Crippen molar-refractivity contribution in [2.75, 3.05) is 20.3 Å². The van der Waals surface area contributed by atoms with Crippen molar-refractivity contribution in [3.63, 3.8) is 0 Å². The van der Waals surface area contributed by atoms with Gasteiger partial charge in [-0.1, -0.05) is 0 Å². The van der Waals surface area contributed by atoms with E-state index >= 15 is 0 Å². The molecular formula is C4H7NO2. The van der Waals surface area contributed by atoms with Gasteiger partial charge in [-0.3, -0.25) is 0 Å². The molecule has 0 radical (unpaired) electrons. The maximum Gasteiger partial charge on any atom is 0.383 e. The molecule has 0 saturated carbocycles. The topological polar surface area (TPSA) is 30.8 Å². The van der Waals surface area contributed by atoms with Gasteiger partial charge in [-0.15, -0.1) is 0 Å². The highest BCUT2D eigenvalue weighted by Gasteiger charge is 2.06. The summed E-state index contributed by atoms with van der Waals surface area (Å²) in [4.78, 5) is 3.66. The van der Waals surface area contributed by atoms with Crippen LogP contribution in [0.5, 0.6) is 0 Å². The Labute approximate surface area is 42.0 Å². The van der Waals surface area contributed by atoms with Crippen molar-refractivity contribution in [2.24, 2.45) is 4.99 Å². The van der Waals surface area contributed by atoms with Gasteiger partial charge < -0.3 is 9.47 Å². The molecule has 1 rings (SSSR count). The minimum absolute atomic E-state index is 0.417. The predicted octanol–water partition coefficient (Wildman–Crippen LogP) is 0.0190. The predicted molar refractivity (Wildman–Crippen MR) is 25.3 cm³/mol. The summed E-state index contributed by atoms with van der Waals surface area (Å²) < 4.78 is 9.66. The number of nitrogens with zero attached hydrogens (tertiary/aromatic N) is 1. The van der Waals surface area contributed by atoms with Crippen LogP contribution >= 0.6 is 0 Å². The van der Waals surface area contributed by atoms with Gasteiger partial charge in [0, 0.05) is 7.05 Å². The highest BCUT2D eigenvalue weighted by Crippen LogP contribution is 1.93. The van der Waals surface area contributed by atoms with Crippen LogP contribution in [-0.2, 0) is 9.47 Å². The quantitative estimate of drug-likeness (QED) is 0.430. The van der Waals surface area contributed by atoms with Crippen molar-refractivity contribution >= 4 is 6.08 Å². The Morgan fingerprint density at radius 2 is 2.00 bits per heavy atom. The Hall–Kier alpha value is -0.730. The fraction of sp³-hybridized carbons (Fsp3) is 0.750. The zero-order valence-electron chi connectivity index (χ0n) is 4.18. The maximum atomic E-state index is 4.83. The van der Waals surface area contributed by atoms with E-state index in [-0.39, 0.29) is 0 Å². The molecule has 1 aliphatic rings. The molecule has 0 bridgehead atoms. The van der Waals surface area contributed by atoms with E-state index in [9.17, 15) is 0 Å². The van der Waals surface area contributed by atoms with Gasteiger partial charge in [0.05, 0.1) is 0 Å². The van der Waals surface area contributed by atoms with Crippen molar-refractivity contribution in [1.82, 2.24) is 0 Å². The highest BCUT2D eigenvalue weighted by molar-refractivity contribution is 5.67. The van der Waals surface area contributed by atoms with Crippen molar-refractivity contribution in [3.8, 4) is 0 Å². The first-order valence-corrected chi connectivity index (χ1v) is 2.16. The van der Waals surface area contributed by atoms with Crippen LogP contribution in [0.25, 0.3) is 0 Å². The van der Waals surface area contributed by atoms with Crippen LogP contribution < -0.4 is 0 Å². The van der Waals surface area contributed by atoms with E-state index in [0.717, 1.165) is 0 Å². The third-order valence-electron chi connectivity index (χ3n) is 0.717. The lowest BCUT2D eigenvalue weighted by Gasteiger charge is -1.88. The lowest BCUT2D eigenvalue weighted by Crippen LogP contribution is -1.93. The molecular weight excluding hydrogens is 94.0 g/mol. The summed E-state index contributed by atoms with van der Waals surface area (Å²) in [6.45, 7) is 1.29. The van der Waals surface area contributed by atoms with Gasteiger partial charge in [0.2, 0.25) is 0 Å². The normalized spacial score (nSPS) is 18.1. The van der Waals surface area contributed by atoms with E-state index in [1.54, 1.807) is 7.05 Å². The number of hydrogen-bond acceptors (Lipinski definition) is 3. The highest BCUT2D eigenvalue weighted by atomic mass is 16.7. The van der Waals surface area contributed by atoms with Crippen molar-refractivity contribution in [3.05, 3.63) is 0 Å². The van der Waals surface area contributed by atoms with E-state index in [1.165, 1.54) is 0 Å². The Kier molecular flexibility index (Phi) is 1.15. The largest absolute Gasteiger partial charge is 0.447 e. The first-order chi connectivity index (χ1) is 3.43. The average Bonchev–Trinajstić information content (AvgIpc) is 2.14. The molecule has 0 unspecified atom stereocenters. The molecule has 0 aliphatic carbocycles. The Balaban J connectivity index is 2.41. The minimum Gasteiger partial charge on any atom is -0.447 e. The van der Waals surface area contributed by atoms with Gasteiger partial charge in [-0.25, -0.2) is 4.99 Å². The van der Waals surface area contributed by atoms with Gasteiger partial charge in [-0.05, 0) is 0 Å². The van der Waals surface area contributed by atoms with Gasteiger partial charge in [0.25, 0.3) is 0 Å². The van der Waals surface area contributed by atoms with E-state index in [1.807, 2.05) is 0 Å². The monoisotopic (exact) mass is 101 g/mol. The summed E-state index contributed by atoms with van der Waals surface area (Å²) in [6.07, 6.45) is 0.417. The van der Waals surface area contributed by atoms with Crippen molar-refractivity contribution in [2.45, 2.75) is 0 Å². The second kappa shape index (κ2) is 1.82. The first-order valence-electron chi connectivity index (χ1n) is 2.16. The number of hydrogen-bond donors (Lipinski definition) is 0. The summed E-state index contributed by atoms with van der Waals surface area (Å²) in [6, 6.07) is 0. The van der Waals surface area contributed by atoms with Crippen molar-refractivity contribution < 1.29 is 9.47 Å². The lowest BCUT2D eigenvalue weighted by molar-refractivity contribution is 0.336. The Morgan fingerprint density at radius 1 is 1.43 bits per heavy atom. The van der Waals surface area contributed by atoms with E-state index in [2.05, 4.69) is 4.99 Å². The molecule has 7 heavy (non-hydrogen) atoms. The molecule has 3 heteroatoms. The fourth-order valence-electron chi connectivity index (χ4n) is 0.429. The number of ether oxygens (including phenoxy) is 2. The smallest absolute Gasteiger partial charge is 0.383 e. The van der Waals surface area contributed by atoms with Gasteiger partial charge in [0.1, 0.15) is 13.2 Å². The lowest BCUT2D eigenvalue weighted by atomic mass is 10.8. The molecule has 1 fully saturated rings. The molecule has 1 aliphatic heterocycles. The first kappa shape index (κ1) is 4.43. The maximum absolute atomic E-state index is 4.83. The molecule has 0 N–H and O–H groups in total. The fourth-order valence-corrected chi connectivity index (χ4v) is 0.429. The minimum atomic E-state index is 0.417. The van der Waals surface area contributed by atoms with Gasteiger partial charge in [0.15, 0.2) is 0 Å². The summed E-state index contributed by atoms with van der Waals surface area (Å²) in [5.41, 5.74) is 0. The zero-order valence-corrected chi connectivity index (χ0v) is 4.18. The SMILES string of the molecule is CN=C1OCCO1. The summed E-state index contributed by atoms with van der Waals surface area (Å²) in [5, 5.41) is 0. The molecule has 0 aromatic heterocycles. The zero-order chi connectivity index (χ0) is 5.11. The van der Waals surface area contributed by atoms with Crippen LogP contribution in [0.2, 0.25) is 0 Å². The summed E-state index contributed by atoms with van der Waals surface area (Å²) in [5.74, 6) is 0. The van der Waals surface area contributed by atoms with Crippen LogP contribution in [0.3, 0.4) is 0 Å². The number of aliphatic imine (C=N–C) groups is 1. The molecule has 40 valence electrons. The van der Waals surface area contributed by atoms with Crippen LogP contribution in [-0.4, -0.2) is 26.3 Å². The van der Waals surface area contributed by atoms with Crippen molar-refractivity contribution in [1.29, 1.82) is 0 Å². The van der Waals surface area contributed by atoms with Gasteiger partial charge in [-0.2, -0.15) is 0 Å². The second-order valence-corrected chi connectivity index (χ2v) is 1.19. The molecule has 3 nitrogen and oxygen atoms in total. The second-order valence-electron chi connectivity index (χ2n) is 1.19.